The van der Waals surface area contributed by atoms with Crippen LogP contribution >= 0.6 is 12.2 Å². The van der Waals surface area contributed by atoms with E-state index in [1.165, 1.54) is 6.07 Å². The number of rotatable bonds is 2. The van der Waals surface area contributed by atoms with Crippen molar-refractivity contribution in [1.29, 1.82) is 0 Å². The standard InChI is InChI=1S/C15H17FN2S/c1-8(2)13-10(4)17-14(18-15(13)19)11-6-5-9(3)12(16)7-11/h5-8H,1-4H3,(H,17,18,19). The molecule has 1 aromatic carbocycles. The van der Waals surface area contributed by atoms with Crippen LogP contribution in [0.4, 0.5) is 4.39 Å². The highest BCUT2D eigenvalue weighted by Crippen LogP contribution is 2.23. The molecule has 0 aliphatic rings. The van der Waals surface area contributed by atoms with Crippen molar-refractivity contribution in [2.45, 2.75) is 33.6 Å². The van der Waals surface area contributed by atoms with E-state index in [0.29, 0.717) is 27.5 Å². The van der Waals surface area contributed by atoms with Gasteiger partial charge >= 0.3 is 0 Å². The van der Waals surface area contributed by atoms with Gasteiger partial charge < -0.3 is 4.98 Å². The van der Waals surface area contributed by atoms with Crippen molar-refractivity contribution in [1.82, 2.24) is 9.97 Å². The summed E-state index contributed by atoms with van der Waals surface area (Å²) in [5, 5.41) is 0. The zero-order valence-electron chi connectivity index (χ0n) is 11.5. The summed E-state index contributed by atoms with van der Waals surface area (Å²) in [4.78, 5) is 7.61. The molecule has 0 saturated heterocycles. The van der Waals surface area contributed by atoms with Crippen LogP contribution in [0.15, 0.2) is 18.2 Å². The molecule has 1 N–H and O–H groups in total. The van der Waals surface area contributed by atoms with Gasteiger partial charge in [-0.3, -0.25) is 0 Å². The van der Waals surface area contributed by atoms with Crippen LogP contribution < -0.4 is 0 Å². The quantitative estimate of drug-likeness (QED) is 0.806. The molecule has 0 aliphatic heterocycles. The van der Waals surface area contributed by atoms with E-state index >= 15 is 0 Å². The predicted octanol–water partition coefficient (Wildman–Crippen LogP) is 4.69. The van der Waals surface area contributed by atoms with E-state index in [1.807, 2.05) is 13.0 Å². The van der Waals surface area contributed by atoms with Crippen molar-refractivity contribution in [2.75, 3.05) is 0 Å². The van der Waals surface area contributed by atoms with Crippen molar-refractivity contribution in [3.05, 3.63) is 45.5 Å². The monoisotopic (exact) mass is 276 g/mol. The van der Waals surface area contributed by atoms with Crippen LogP contribution in [0.5, 0.6) is 0 Å². The molecule has 0 fully saturated rings. The lowest BCUT2D eigenvalue weighted by molar-refractivity contribution is 0.619. The zero-order valence-corrected chi connectivity index (χ0v) is 12.4. The third-order valence-electron chi connectivity index (χ3n) is 3.18. The molecule has 0 radical (unpaired) electrons. The first-order chi connectivity index (χ1) is 8.90. The van der Waals surface area contributed by atoms with Crippen LogP contribution in [0.1, 0.15) is 36.6 Å². The van der Waals surface area contributed by atoms with E-state index in [-0.39, 0.29) is 5.82 Å². The summed E-state index contributed by atoms with van der Waals surface area (Å²) in [5.41, 5.74) is 3.38. The predicted molar refractivity (Wildman–Crippen MR) is 78.4 cm³/mol. The zero-order chi connectivity index (χ0) is 14.2. The van der Waals surface area contributed by atoms with E-state index in [4.69, 9.17) is 12.2 Å². The van der Waals surface area contributed by atoms with Crippen LogP contribution in [-0.2, 0) is 0 Å². The molecule has 0 atom stereocenters. The Bertz CT molecular complexity index is 674. The maximum atomic E-state index is 13.6. The Hall–Kier alpha value is -1.55. The number of aromatic nitrogens is 2. The molecule has 2 nitrogen and oxygen atoms in total. The van der Waals surface area contributed by atoms with E-state index in [1.54, 1.807) is 13.0 Å². The van der Waals surface area contributed by atoms with Crippen LogP contribution in [0, 0.1) is 24.3 Å². The van der Waals surface area contributed by atoms with Gasteiger partial charge in [0.05, 0.1) is 0 Å². The minimum Gasteiger partial charge on any atom is -0.343 e. The van der Waals surface area contributed by atoms with Gasteiger partial charge in [-0.2, -0.15) is 0 Å². The average Bonchev–Trinajstić information content (AvgIpc) is 2.31. The van der Waals surface area contributed by atoms with Gasteiger partial charge in [0.2, 0.25) is 0 Å². The fraction of sp³-hybridized carbons (Fsp3) is 0.333. The Balaban J connectivity index is 2.58. The van der Waals surface area contributed by atoms with Gasteiger partial charge in [0, 0.05) is 16.8 Å². The van der Waals surface area contributed by atoms with Gasteiger partial charge in [0.1, 0.15) is 16.3 Å². The summed E-state index contributed by atoms with van der Waals surface area (Å²) in [6.45, 7) is 7.88. The number of nitrogens with one attached hydrogen (secondary N) is 1. The minimum absolute atomic E-state index is 0.232. The topological polar surface area (TPSA) is 28.7 Å². The number of nitrogens with zero attached hydrogens (tertiary/aromatic N) is 1. The Kier molecular flexibility index (Phi) is 3.80. The highest BCUT2D eigenvalue weighted by molar-refractivity contribution is 7.71. The maximum absolute atomic E-state index is 13.6. The lowest BCUT2D eigenvalue weighted by Crippen LogP contribution is -2.02. The summed E-state index contributed by atoms with van der Waals surface area (Å²) >= 11 is 5.34. The van der Waals surface area contributed by atoms with Crippen molar-refractivity contribution in [3.63, 3.8) is 0 Å². The molecule has 1 aromatic heterocycles. The fourth-order valence-corrected chi connectivity index (χ4v) is 2.63. The first-order valence-electron chi connectivity index (χ1n) is 6.27. The molecule has 2 aromatic rings. The van der Waals surface area contributed by atoms with Crippen LogP contribution in [0.3, 0.4) is 0 Å². The van der Waals surface area contributed by atoms with E-state index in [9.17, 15) is 4.39 Å². The van der Waals surface area contributed by atoms with Gasteiger partial charge in [-0.15, -0.1) is 0 Å². The van der Waals surface area contributed by atoms with E-state index in [0.717, 1.165) is 11.3 Å². The van der Waals surface area contributed by atoms with E-state index < -0.39 is 0 Å². The molecule has 0 spiro atoms. The second-order valence-electron chi connectivity index (χ2n) is 5.05. The number of H-pyrrole nitrogens is 1. The molecule has 2 rings (SSSR count). The second-order valence-corrected chi connectivity index (χ2v) is 5.43. The minimum atomic E-state index is -0.232. The van der Waals surface area contributed by atoms with Crippen LogP contribution in [-0.4, -0.2) is 9.97 Å². The molecule has 0 aliphatic carbocycles. The molecule has 19 heavy (non-hydrogen) atoms. The molecule has 100 valence electrons. The number of aromatic amines is 1. The smallest absolute Gasteiger partial charge is 0.139 e. The molecule has 1 heterocycles. The lowest BCUT2D eigenvalue weighted by atomic mass is 10.0. The third kappa shape index (κ3) is 2.73. The molecule has 0 unspecified atom stereocenters. The Morgan fingerprint density at radius 2 is 1.95 bits per heavy atom. The van der Waals surface area contributed by atoms with Crippen molar-refractivity contribution < 1.29 is 4.39 Å². The van der Waals surface area contributed by atoms with Crippen molar-refractivity contribution in [2.24, 2.45) is 0 Å². The van der Waals surface area contributed by atoms with Gasteiger partial charge in [-0.1, -0.05) is 38.2 Å². The highest BCUT2D eigenvalue weighted by atomic mass is 32.1. The SMILES string of the molecule is Cc1ccc(-c2nc(=S)c(C(C)C)c(C)[nH]2)cc1F. The maximum Gasteiger partial charge on any atom is 0.139 e. The number of benzene rings is 1. The summed E-state index contributed by atoms with van der Waals surface area (Å²) in [7, 11) is 0. The fourth-order valence-electron chi connectivity index (χ4n) is 2.15. The lowest BCUT2D eigenvalue weighted by Gasteiger charge is -2.12. The number of hydrogen-bond acceptors (Lipinski definition) is 2. The van der Waals surface area contributed by atoms with Crippen molar-refractivity contribution >= 4 is 12.2 Å². The molecule has 0 bridgehead atoms. The van der Waals surface area contributed by atoms with Gasteiger partial charge in [0.25, 0.3) is 0 Å². The number of hydrogen-bond donors (Lipinski definition) is 1. The largest absolute Gasteiger partial charge is 0.343 e. The molecular weight excluding hydrogens is 259 g/mol. The summed E-state index contributed by atoms with van der Waals surface area (Å²) in [6.07, 6.45) is 0. The summed E-state index contributed by atoms with van der Waals surface area (Å²) < 4.78 is 14.2. The Labute approximate surface area is 117 Å². The molecule has 0 saturated carbocycles. The molecule has 4 heteroatoms. The summed E-state index contributed by atoms with van der Waals surface area (Å²) in [6, 6.07) is 5.08. The summed E-state index contributed by atoms with van der Waals surface area (Å²) in [5.74, 6) is 0.704. The van der Waals surface area contributed by atoms with Gasteiger partial charge in [-0.05, 0) is 31.4 Å². The number of halogens is 1. The van der Waals surface area contributed by atoms with Crippen LogP contribution in [0.25, 0.3) is 11.4 Å². The second kappa shape index (κ2) is 5.21. The van der Waals surface area contributed by atoms with Gasteiger partial charge in [0.15, 0.2) is 0 Å². The van der Waals surface area contributed by atoms with Crippen molar-refractivity contribution in [3.8, 4) is 11.4 Å². The number of aryl methyl sites for hydroxylation is 2. The normalized spacial score (nSPS) is 11.1. The molecule has 0 amide bonds. The Morgan fingerprint density at radius 3 is 2.47 bits per heavy atom. The average molecular weight is 276 g/mol. The highest BCUT2D eigenvalue weighted by Gasteiger charge is 2.11. The first-order valence-corrected chi connectivity index (χ1v) is 6.68. The first kappa shape index (κ1) is 13.9. The molecular formula is C15H17FN2S. The Morgan fingerprint density at radius 1 is 1.26 bits per heavy atom. The van der Waals surface area contributed by atoms with Gasteiger partial charge in [-0.25, -0.2) is 9.37 Å². The van der Waals surface area contributed by atoms with Crippen LogP contribution in [0.2, 0.25) is 0 Å². The third-order valence-corrected chi connectivity index (χ3v) is 3.49. The van der Waals surface area contributed by atoms with E-state index in [2.05, 4.69) is 23.8 Å².